The molecule has 0 aliphatic heterocycles. The second-order valence-electron chi connectivity index (χ2n) is 4.73. The van der Waals surface area contributed by atoms with Crippen LogP contribution in [0.1, 0.15) is 26.3 Å². The molecule has 0 radical (unpaired) electrons. The fraction of sp³-hybridized carbons (Fsp3) is 0.583. The molecule has 1 amide bonds. The number of thiophene rings is 1. The van der Waals surface area contributed by atoms with Gasteiger partial charge in [0.1, 0.15) is 0 Å². The SMILES string of the molecule is CC(Cc1ccsc1)NC(=O)C(C)(C)CCl. The first-order chi connectivity index (χ1) is 7.45. The monoisotopic (exact) mass is 259 g/mol. The van der Waals surface area contributed by atoms with Crippen molar-refractivity contribution in [1.82, 2.24) is 5.32 Å². The van der Waals surface area contributed by atoms with Crippen LogP contribution in [0.4, 0.5) is 0 Å². The molecule has 0 aliphatic rings. The van der Waals surface area contributed by atoms with Crippen LogP contribution in [-0.2, 0) is 11.2 Å². The van der Waals surface area contributed by atoms with Crippen molar-refractivity contribution in [2.45, 2.75) is 33.2 Å². The standard InChI is InChI=1S/C12H18ClNOS/c1-9(6-10-4-5-16-7-10)14-11(15)12(2,3)8-13/h4-5,7,9H,6,8H2,1-3H3,(H,14,15). The Hall–Kier alpha value is -0.540. The second-order valence-corrected chi connectivity index (χ2v) is 5.78. The van der Waals surface area contributed by atoms with Gasteiger partial charge in [0.05, 0.1) is 5.41 Å². The van der Waals surface area contributed by atoms with Gasteiger partial charge in [-0.05, 0) is 49.6 Å². The first-order valence-corrected chi connectivity index (χ1v) is 6.81. The molecule has 1 N–H and O–H groups in total. The van der Waals surface area contributed by atoms with Gasteiger partial charge in [-0.3, -0.25) is 4.79 Å². The lowest BCUT2D eigenvalue weighted by molar-refractivity contribution is -0.128. The Morgan fingerprint density at radius 3 is 2.81 bits per heavy atom. The van der Waals surface area contributed by atoms with Crippen molar-refractivity contribution >= 4 is 28.8 Å². The third-order valence-corrected chi connectivity index (χ3v) is 3.85. The number of nitrogens with one attached hydrogen (secondary N) is 1. The molecule has 0 spiro atoms. The predicted molar refractivity (Wildman–Crippen MR) is 70.1 cm³/mol. The van der Waals surface area contributed by atoms with Crippen molar-refractivity contribution in [3.8, 4) is 0 Å². The van der Waals surface area contributed by atoms with E-state index in [0.717, 1.165) is 6.42 Å². The Labute approximate surface area is 106 Å². The fourth-order valence-electron chi connectivity index (χ4n) is 1.29. The van der Waals surface area contributed by atoms with Gasteiger partial charge in [-0.25, -0.2) is 0 Å². The Bertz CT molecular complexity index is 335. The molecule has 0 bridgehead atoms. The average molecular weight is 260 g/mol. The maximum Gasteiger partial charge on any atom is 0.227 e. The average Bonchev–Trinajstić information content (AvgIpc) is 2.70. The molecule has 4 heteroatoms. The van der Waals surface area contributed by atoms with E-state index < -0.39 is 5.41 Å². The van der Waals surface area contributed by atoms with E-state index in [1.165, 1.54) is 5.56 Å². The highest BCUT2D eigenvalue weighted by Gasteiger charge is 2.27. The predicted octanol–water partition coefficient (Wildman–Crippen LogP) is 3.06. The number of carbonyl (C=O) groups is 1. The molecule has 1 heterocycles. The van der Waals surface area contributed by atoms with Gasteiger partial charge in [0.15, 0.2) is 0 Å². The highest BCUT2D eigenvalue weighted by molar-refractivity contribution is 7.07. The highest BCUT2D eigenvalue weighted by atomic mass is 35.5. The number of carbonyl (C=O) groups excluding carboxylic acids is 1. The molecule has 1 rings (SSSR count). The number of hydrogen-bond acceptors (Lipinski definition) is 2. The normalized spacial score (nSPS) is 13.5. The van der Waals surface area contributed by atoms with Crippen molar-refractivity contribution in [2.75, 3.05) is 5.88 Å². The van der Waals surface area contributed by atoms with Gasteiger partial charge >= 0.3 is 0 Å². The Kier molecular flexibility index (Phi) is 4.81. The lowest BCUT2D eigenvalue weighted by Crippen LogP contribution is -2.43. The molecular weight excluding hydrogens is 242 g/mol. The summed E-state index contributed by atoms with van der Waals surface area (Å²) in [6.07, 6.45) is 0.869. The van der Waals surface area contributed by atoms with Gasteiger partial charge in [0.2, 0.25) is 5.91 Å². The van der Waals surface area contributed by atoms with Crippen LogP contribution in [-0.4, -0.2) is 17.8 Å². The smallest absolute Gasteiger partial charge is 0.227 e. The van der Waals surface area contributed by atoms with Crippen LogP contribution in [0.25, 0.3) is 0 Å². The van der Waals surface area contributed by atoms with Crippen molar-refractivity contribution in [2.24, 2.45) is 5.41 Å². The number of rotatable bonds is 5. The van der Waals surface area contributed by atoms with E-state index in [9.17, 15) is 4.79 Å². The zero-order chi connectivity index (χ0) is 12.2. The molecule has 16 heavy (non-hydrogen) atoms. The summed E-state index contributed by atoms with van der Waals surface area (Å²) >= 11 is 7.43. The van der Waals surface area contributed by atoms with Crippen molar-refractivity contribution in [3.05, 3.63) is 22.4 Å². The maximum atomic E-state index is 11.8. The summed E-state index contributed by atoms with van der Waals surface area (Å²) in [5.74, 6) is 0.356. The zero-order valence-corrected chi connectivity index (χ0v) is 11.5. The lowest BCUT2D eigenvalue weighted by atomic mass is 9.94. The molecule has 0 aromatic carbocycles. The minimum Gasteiger partial charge on any atom is -0.353 e. The summed E-state index contributed by atoms with van der Waals surface area (Å²) in [7, 11) is 0. The quantitative estimate of drug-likeness (QED) is 0.809. The molecule has 1 atom stereocenters. The third-order valence-electron chi connectivity index (χ3n) is 2.45. The Morgan fingerprint density at radius 1 is 1.62 bits per heavy atom. The summed E-state index contributed by atoms with van der Waals surface area (Å²) in [4.78, 5) is 11.8. The van der Waals surface area contributed by atoms with Crippen molar-refractivity contribution < 1.29 is 4.79 Å². The fourth-order valence-corrected chi connectivity index (χ4v) is 2.10. The number of alkyl halides is 1. The van der Waals surface area contributed by atoms with Crippen molar-refractivity contribution in [3.63, 3.8) is 0 Å². The first-order valence-electron chi connectivity index (χ1n) is 5.33. The molecule has 0 aliphatic carbocycles. The van der Waals surface area contributed by atoms with E-state index in [4.69, 9.17) is 11.6 Å². The van der Waals surface area contributed by atoms with E-state index >= 15 is 0 Å². The number of hydrogen-bond donors (Lipinski definition) is 1. The van der Waals surface area contributed by atoms with Gasteiger partial charge in [-0.1, -0.05) is 0 Å². The van der Waals surface area contributed by atoms with Crippen molar-refractivity contribution in [1.29, 1.82) is 0 Å². The molecular formula is C12H18ClNOS. The highest BCUT2D eigenvalue weighted by Crippen LogP contribution is 2.17. The van der Waals surface area contributed by atoms with E-state index in [1.807, 2.05) is 26.2 Å². The van der Waals surface area contributed by atoms with Gasteiger partial charge in [0.25, 0.3) is 0 Å². The van der Waals surface area contributed by atoms with E-state index in [1.54, 1.807) is 11.3 Å². The zero-order valence-electron chi connectivity index (χ0n) is 9.92. The molecule has 1 aromatic heterocycles. The van der Waals surface area contributed by atoms with Crippen LogP contribution in [0.3, 0.4) is 0 Å². The summed E-state index contributed by atoms with van der Waals surface area (Å²) in [5, 5.41) is 7.15. The largest absolute Gasteiger partial charge is 0.353 e. The molecule has 1 aromatic rings. The summed E-state index contributed by atoms with van der Waals surface area (Å²) in [6, 6.07) is 2.23. The number of amides is 1. The van der Waals surface area contributed by atoms with Gasteiger partial charge in [-0.2, -0.15) is 11.3 Å². The second kappa shape index (κ2) is 5.69. The molecule has 90 valence electrons. The maximum absolute atomic E-state index is 11.8. The first kappa shape index (κ1) is 13.5. The molecule has 0 fully saturated rings. The van der Waals surface area contributed by atoms with Crippen LogP contribution in [0.15, 0.2) is 16.8 Å². The molecule has 2 nitrogen and oxygen atoms in total. The number of halogens is 1. The topological polar surface area (TPSA) is 29.1 Å². The Balaban J connectivity index is 2.46. The van der Waals surface area contributed by atoms with Gasteiger partial charge < -0.3 is 5.32 Å². The molecule has 1 unspecified atom stereocenters. The minimum absolute atomic E-state index is 0.0187. The van der Waals surface area contributed by atoms with Crippen LogP contribution in [0.2, 0.25) is 0 Å². The lowest BCUT2D eigenvalue weighted by Gasteiger charge is -2.23. The molecule has 0 saturated carbocycles. The Morgan fingerprint density at radius 2 is 2.31 bits per heavy atom. The van der Waals surface area contributed by atoms with Gasteiger partial charge in [-0.15, -0.1) is 11.6 Å². The van der Waals surface area contributed by atoms with Gasteiger partial charge in [0, 0.05) is 11.9 Å². The van der Waals surface area contributed by atoms with Crippen LogP contribution >= 0.6 is 22.9 Å². The van der Waals surface area contributed by atoms with Crippen LogP contribution < -0.4 is 5.32 Å². The van der Waals surface area contributed by atoms with Crippen LogP contribution in [0.5, 0.6) is 0 Å². The molecule has 0 saturated heterocycles. The third kappa shape index (κ3) is 3.80. The van der Waals surface area contributed by atoms with Crippen LogP contribution in [0, 0.1) is 5.41 Å². The summed E-state index contributed by atoms with van der Waals surface area (Å²) < 4.78 is 0. The van der Waals surface area contributed by atoms with E-state index in [0.29, 0.717) is 5.88 Å². The summed E-state index contributed by atoms with van der Waals surface area (Å²) in [6.45, 7) is 5.72. The minimum atomic E-state index is -0.496. The van der Waals surface area contributed by atoms with E-state index in [-0.39, 0.29) is 11.9 Å². The van der Waals surface area contributed by atoms with E-state index in [2.05, 4.69) is 16.8 Å². The summed E-state index contributed by atoms with van der Waals surface area (Å²) in [5.41, 5.74) is 0.770.